The van der Waals surface area contributed by atoms with Crippen molar-refractivity contribution in [1.29, 1.82) is 0 Å². The Kier molecular flexibility index (Phi) is 17.8. The van der Waals surface area contributed by atoms with Gasteiger partial charge in [-0.25, -0.2) is 4.79 Å². The molecule has 0 saturated heterocycles. The third kappa shape index (κ3) is 16.5. The smallest absolute Gasteiger partial charge is 0.336 e. The Bertz CT molecular complexity index is 546. The van der Waals surface area contributed by atoms with Gasteiger partial charge in [-0.3, -0.25) is 4.79 Å². The maximum absolute atomic E-state index is 12.2. The second kappa shape index (κ2) is 19.2. The number of carbonyl (C=O) groups excluding carboxylic acids is 2. The van der Waals surface area contributed by atoms with Gasteiger partial charge in [-0.1, -0.05) is 82.6 Å². The second-order valence-corrected chi connectivity index (χ2v) is 7.41. The van der Waals surface area contributed by atoms with Gasteiger partial charge >= 0.3 is 5.97 Å². The van der Waals surface area contributed by atoms with E-state index in [0.717, 1.165) is 57.8 Å². The van der Waals surface area contributed by atoms with Crippen LogP contribution in [-0.4, -0.2) is 11.9 Å². The molecule has 0 aliphatic heterocycles. The standard InChI is InChI=1S/C25H41NO3/c1-5-7-8-9-10-11-12-13-14-15-16-17-18-19-21-23(20-6-2)24(27)26-29-25(28)22(3)4/h7-8,10-11,13-14,23H,3,5-6,9,12,15-21H2,1-2,4H3,(H,26,27). The summed E-state index contributed by atoms with van der Waals surface area (Å²) in [4.78, 5) is 28.3. The van der Waals surface area contributed by atoms with Crippen LogP contribution >= 0.6 is 0 Å². The minimum Gasteiger partial charge on any atom is -0.336 e. The van der Waals surface area contributed by atoms with Gasteiger partial charge in [-0.05, 0) is 51.9 Å². The van der Waals surface area contributed by atoms with Crippen molar-refractivity contribution in [3.63, 3.8) is 0 Å². The van der Waals surface area contributed by atoms with E-state index in [1.165, 1.54) is 12.8 Å². The van der Waals surface area contributed by atoms with Gasteiger partial charge in [0.05, 0.1) is 0 Å². The number of hydrogen-bond acceptors (Lipinski definition) is 3. The average Bonchev–Trinajstić information content (AvgIpc) is 2.71. The van der Waals surface area contributed by atoms with Crippen molar-refractivity contribution in [3.05, 3.63) is 48.6 Å². The minimum atomic E-state index is -0.592. The van der Waals surface area contributed by atoms with Crippen molar-refractivity contribution >= 4 is 11.9 Å². The first-order valence-electron chi connectivity index (χ1n) is 11.1. The first kappa shape index (κ1) is 26.9. The van der Waals surface area contributed by atoms with Crippen LogP contribution in [0.3, 0.4) is 0 Å². The third-order valence-corrected chi connectivity index (χ3v) is 4.55. The summed E-state index contributed by atoms with van der Waals surface area (Å²) in [6, 6.07) is 0. The van der Waals surface area contributed by atoms with E-state index in [1.54, 1.807) is 6.92 Å². The first-order chi connectivity index (χ1) is 14.0. The predicted octanol–water partition coefficient (Wildman–Crippen LogP) is 6.75. The molecule has 29 heavy (non-hydrogen) atoms. The number of hydroxylamine groups is 1. The van der Waals surface area contributed by atoms with Crippen LogP contribution in [0.2, 0.25) is 0 Å². The molecule has 1 unspecified atom stereocenters. The lowest BCUT2D eigenvalue weighted by atomic mass is 9.95. The maximum Gasteiger partial charge on any atom is 0.358 e. The summed E-state index contributed by atoms with van der Waals surface area (Å²) in [6.45, 7) is 9.25. The fourth-order valence-corrected chi connectivity index (χ4v) is 2.86. The summed E-state index contributed by atoms with van der Waals surface area (Å²) >= 11 is 0. The summed E-state index contributed by atoms with van der Waals surface area (Å²) in [5, 5.41) is 0. The van der Waals surface area contributed by atoms with E-state index in [-0.39, 0.29) is 17.4 Å². The molecule has 1 N–H and O–H groups in total. The van der Waals surface area contributed by atoms with Crippen LogP contribution < -0.4 is 5.48 Å². The Hall–Kier alpha value is -2.10. The number of unbranched alkanes of at least 4 members (excludes halogenated alkanes) is 4. The van der Waals surface area contributed by atoms with Crippen LogP contribution in [-0.2, 0) is 14.4 Å². The molecule has 0 aliphatic carbocycles. The van der Waals surface area contributed by atoms with Crippen LogP contribution in [0, 0.1) is 5.92 Å². The average molecular weight is 404 g/mol. The number of amides is 1. The van der Waals surface area contributed by atoms with Crippen LogP contribution in [0.4, 0.5) is 0 Å². The molecule has 0 aliphatic rings. The van der Waals surface area contributed by atoms with Crippen molar-refractivity contribution in [3.8, 4) is 0 Å². The van der Waals surface area contributed by atoms with Crippen LogP contribution in [0.1, 0.15) is 91.4 Å². The monoisotopic (exact) mass is 403 g/mol. The zero-order valence-electron chi connectivity index (χ0n) is 18.8. The molecule has 164 valence electrons. The molecule has 0 heterocycles. The summed E-state index contributed by atoms with van der Waals surface area (Å²) in [5.41, 5.74) is 2.55. The van der Waals surface area contributed by atoms with Gasteiger partial charge in [0.15, 0.2) is 0 Å². The van der Waals surface area contributed by atoms with Crippen LogP contribution in [0.25, 0.3) is 0 Å². The zero-order chi connectivity index (χ0) is 21.7. The summed E-state index contributed by atoms with van der Waals surface area (Å²) in [5.74, 6) is -0.898. The van der Waals surface area contributed by atoms with E-state index < -0.39 is 5.97 Å². The molecule has 1 amide bonds. The Balaban J connectivity index is 3.84. The van der Waals surface area contributed by atoms with Crippen molar-refractivity contribution in [2.24, 2.45) is 5.92 Å². The van der Waals surface area contributed by atoms with Gasteiger partial charge in [-0.2, -0.15) is 5.48 Å². The molecule has 4 heteroatoms. The summed E-state index contributed by atoms with van der Waals surface area (Å²) in [7, 11) is 0. The molecule has 0 bridgehead atoms. The Morgan fingerprint density at radius 2 is 1.52 bits per heavy atom. The molecule has 0 radical (unpaired) electrons. The molecule has 0 spiro atoms. The number of nitrogens with one attached hydrogen (secondary N) is 1. The highest BCUT2D eigenvalue weighted by Crippen LogP contribution is 2.17. The van der Waals surface area contributed by atoms with Gasteiger partial charge in [0.25, 0.3) is 5.91 Å². The normalized spacial score (nSPS) is 12.7. The lowest BCUT2D eigenvalue weighted by molar-refractivity contribution is -0.156. The molecule has 0 saturated carbocycles. The highest BCUT2D eigenvalue weighted by atomic mass is 16.7. The number of hydrogen-bond donors (Lipinski definition) is 1. The van der Waals surface area contributed by atoms with Crippen LogP contribution in [0.5, 0.6) is 0 Å². The lowest BCUT2D eigenvalue weighted by Gasteiger charge is -2.15. The topological polar surface area (TPSA) is 55.4 Å². The fourth-order valence-electron chi connectivity index (χ4n) is 2.86. The largest absolute Gasteiger partial charge is 0.358 e. The van der Waals surface area contributed by atoms with E-state index >= 15 is 0 Å². The van der Waals surface area contributed by atoms with E-state index in [9.17, 15) is 9.59 Å². The number of allylic oxidation sites excluding steroid dienone is 6. The van der Waals surface area contributed by atoms with Crippen molar-refractivity contribution in [2.75, 3.05) is 0 Å². The molecule has 0 fully saturated rings. The fraction of sp³-hybridized carbons (Fsp3) is 0.600. The molecule has 4 nitrogen and oxygen atoms in total. The molecule has 0 aromatic carbocycles. The molecule has 0 aromatic rings. The zero-order valence-corrected chi connectivity index (χ0v) is 18.8. The van der Waals surface area contributed by atoms with Gasteiger partial charge in [0.2, 0.25) is 0 Å². The van der Waals surface area contributed by atoms with Gasteiger partial charge in [0.1, 0.15) is 0 Å². The first-order valence-corrected chi connectivity index (χ1v) is 11.1. The van der Waals surface area contributed by atoms with Gasteiger partial charge < -0.3 is 4.84 Å². The van der Waals surface area contributed by atoms with Crippen LogP contribution in [0.15, 0.2) is 48.6 Å². The summed E-state index contributed by atoms with van der Waals surface area (Å²) in [6.07, 6.45) is 24.6. The van der Waals surface area contributed by atoms with Crippen molar-refractivity contribution < 1.29 is 14.4 Å². The molecule has 1 atom stereocenters. The molecule has 0 aromatic heterocycles. The van der Waals surface area contributed by atoms with Gasteiger partial charge in [0, 0.05) is 11.5 Å². The Morgan fingerprint density at radius 3 is 2.14 bits per heavy atom. The quantitative estimate of drug-likeness (QED) is 0.134. The predicted molar refractivity (Wildman–Crippen MR) is 122 cm³/mol. The maximum atomic E-state index is 12.2. The van der Waals surface area contributed by atoms with E-state index in [2.05, 4.69) is 62.4 Å². The molecular formula is C25H41NO3. The number of rotatable bonds is 16. The van der Waals surface area contributed by atoms with Crippen molar-refractivity contribution in [1.82, 2.24) is 5.48 Å². The highest BCUT2D eigenvalue weighted by Gasteiger charge is 2.18. The van der Waals surface area contributed by atoms with E-state index in [1.807, 2.05) is 0 Å². The van der Waals surface area contributed by atoms with E-state index in [0.29, 0.717) is 0 Å². The van der Waals surface area contributed by atoms with Crippen molar-refractivity contribution in [2.45, 2.75) is 91.4 Å². The Morgan fingerprint density at radius 1 is 0.897 bits per heavy atom. The third-order valence-electron chi connectivity index (χ3n) is 4.55. The molecule has 0 rings (SSSR count). The van der Waals surface area contributed by atoms with Gasteiger partial charge in [-0.15, -0.1) is 0 Å². The highest BCUT2D eigenvalue weighted by molar-refractivity contribution is 5.88. The second-order valence-electron chi connectivity index (χ2n) is 7.41. The van der Waals surface area contributed by atoms with E-state index in [4.69, 9.17) is 4.84 Å². The lowest BCUT2D eigenvalue weighted by Crippen LogP contribution is -2.33. The number of carbonyl (C=O) groups is 2. The molecular weight excluding hydrogens is 362 g/mol. The SMILES string of the molecule is C=C(C)C(=O)ONC(=O)C(CCC)CCCCCCC=CCC=CCC=CCC. The Labute approximate surface area is 178 Å². The minimum absolute atomic E-state index is 0.100. The summed E-state index contributed by atoms with van der Waals surface area (Å²) < 4.78 is 0.